The number of aromatic nitrogens is 2. The second-order valence-corrected chi connectivity index (χ2v) is 5.58. The summed E-state index contributed by atoms with van der Waals surface area (Å²) in [7, 11) is 0. The lowest BCUT2D eigenvalue weighted by atomic mass is 10.2. The normalized spacial score (nSPS) is 10.0. The molecule has 0 aliphatic heterocycles. The number of hydrogen-bond donors (Lipinski definition) is 0. The monoisotopic (exact) mass is 321 g/mol. The predicted octanol–water partition coefficient (Wildman–Crippen LogP) is 3.22. The molecule has 0 fully saturated rings. The maximum atomic E-state index is 12.3. The molecule has 0 unspecified atom stereocenters. The molecule has 3 rings (SSSR count). The highest BCUT2D eigenvalue weighted by atomic mass is 32.1. The van der Waals surface area contributed by atoms with Crippen LogP contribution >= 0.6 is 11.3 Å². The summed E-state index contributed by atoms with van der Waals surface area (Å²) in [6, 6.07) is 10.9. The van der Waals surface area contributed by atoms with Gasteiger partial charge in [-0.3, -0.25) is 4.79 Å². The van der Waals surface area contributed by atoms with Crippen molar-refractivity contribution in [2.45, 2.75) is 6.61 Å². The third-order valence-corrected chi connectivity index (χ3v) is 4.08. The van der Waals surface area contributed by atoms with E-state index in [1.54, 1.807) is 24.3 Å². The molecule has 1 aromatic carbocycles. The molecule has 5 nitrogen and oxygen atoms in total. The van der Waals surface area contributed by atoms with Crippen LogP contribution in [0.2, 0.25) is 0 Å². The summed E-state index contributed by atoms with van der Waals surface area (Å²) >= 11 is 1.35. The van der Waals surface area contributed by atoms with Crippen LogP contribution in [-0.4, -0.2) is 15.8 Å². The molecule has 0 radical (unpaired) electrons. The zero-order valence-electron chi connectivity index (χ0n) is 12.0. The average Bonchev–Trinajstić information content (AvgIpc) is 3.09. The van der Waals surface area contributed by atoms with Gasteiger partial charge in [0.1, 0.15) is 24.8 Å². The van der Waals surface area contributed by atoms with Gasteiger partial charge >= 0.3 is 0 Å². The van der Waals surface area contributed by atoms with Gasteiger partial charge in [0.15, 0.2) is 0 Å². The summed E-state index contributed by atoms with van der Waals surface area (Å²) in [6.07, 6.45) is 4.37. The van der Waals surface area contributed by atoms with Crippen molar-refractivity contribution in [3.63, 3.8) is 0 Å². The molecule has 23 heavy (non-hydrogen) atoms. The Morgan fingerprint density at radius 2 is 2.04 bits per heavy atom. The van der Waals surface area contributed by atoms with Crippen LogP contribution in [0.25, 0.3) is 0 Å². The third kappa shape index (κ3) is 3.42. The van der Waals surface area contributed by atoms with Crippen molar-refractivity contribution < 1.29 is 9.53 Å². The Bertz CT molecular complexity index is 869. The van der Waals surface area contributed by atoms with Crippen LogP contribution in [0.1, 0.15) is 26.4 Å². The lowest BCUT2D eigenvalue weighted by Crippen LogP contribution is -2.00. The van der Waals surface area contributed by atoms with E-state index in [0.717, 1.165) is 5.56 Å². The van der Waals surface area contributed by atoms with Gasteiger partial charge in [0.05, 0.1) is 16.0 Å². The first kappa shape index (κ1) is 14.9. The number of hydrogen-bond acceptors (Lipinski definition) is 6. The Hall–Kier alpha value is -3.04. The zero-order chi connectivity index (χ0) is 16.1. The van der Waals surface area contributed by atoms with Gasteiger partial charge < -0.3 is 4.74 Å². The number of thiophene rings is 1. The van der Waals surface area contributed by atoms with Crippen LogP contribution in [-0.2, 0) is 6.61 Å². The number of carbonyl (C=O) groups is 1. The van der Waals surface area contributed by atoms with E-state index in [-0.39, 0.29) is 5.78 Å². The molecule has 6 heteroatoms. The minimum absolute atomic E-state index is 0.112. The van der Waals surface area contributed by atoms with Gasteiger partial charge in [0, 0.05) is 18.0 Å². The van der Waals surface area contributed by atoms with Crippen molar-refractivity contribution >= 4 is 17.1 Å². The van der Waals surface area contributed by atoms with Crippen molar-refractivity contribution in [3.05, 3.63) is 76.0 Å². The second kappa shape index (κ2) is 6.81. The fraction of sp³-hybridized carbons (Fsp3) is 0.0588. The summed E-state index contributed by atoms with van der Waals surface area (Å²) in [5, 5.41) is 10.9. The maximum absolute atomic E-state index is 12.3. The largest absolute Gasteiger partial charge is 0.487 e. The minimum atomic E-state index is -0.112. The molecule has 0 spiro atoms. The van der Waals surface area contributed by atoms with Crippen LogP contribution < -0.4 is 4.74 Å². The molecular weight excluding hydrogens is 310 g/mol. The lowest BCUT2D eigenvalue weighted by molar-refractivity contribution is 0.104. The van der Waals surface area contributed by atoms with Gasteiger partial charge in [-0.2, -0.15) is 5.26 Å². The first-order valence-corrected chi connectivity index (χ1v) is 7.65. The van der Waals surface area contributed by atoms with E-state index in [4.69, 9.17) is 10.00 Å². The van der Waals surface area contributed by atoms with Crippen LogP contribution in [0.3, 0.4) is 0 Å². The lowest BCUT2D eigenvalue weighted by Gasteiger charge is -2.05. The average molecular weight is 321 g/mol. The summed E-state index contributed by atoms with van der Waals surface area (Å²) in [6.45, 7) is 0.299. The molecule has 3 aromatic rings. The van der Waals surface area contributed by atoms with Crippen molar-refractivity contribution in [3.8, 4) is 11.8 Å². The highest BCUT2D eigenvalue weighted by molar-refractivity contribution is 7.12. The molecule has 0 atom stereocenters. The van der Waals surface area contributed by atoms with Gasteiger partial charge in [0.2, 0.25) is 5.78 Å². The van der Waals surface area contributed by atoms with Crippen LogP contribution in [0.4, 0.5) is 0 Å². The van der Waals surface area contributed by atoms with Crippen LogP contribution in [0.15, 0.2) is 54.4 Å². The Labute approximate surface area is 136 Å². The van der Waals surface area contributed by atoms with E-state index in [2.05, 4.69) is 16.0 Å². The molecule has 0 saturated heterocycles. The summed E-state index contributed by atoms with van der Waals surface area (Å²) in [4.78, 5) is 20.6. The van der Waals surface area contributed by atoms with Crippen molar-refractivity contribution in [2.75, 3.05) is 0 Å². The molecule has 2 heterocycles. The Balaban J connectivity index is 1.71. The zero-order valence-corrected chi connectivity index (χ0v) is 12.8. The molecule has 0 bridgehead atoms. The topological polar surface area (TPSA) is 75.9 Å². The Kier molecular flexibility index (Phi) is 4.41. The number of ketones is 1. The number of rotatable bonds is 5. The van der Waals surface area contributed by atoms with E-state index in [9.17, 15) is 4.79 Å². The molecule has 2 aromatic heterocycles. The standard InChI is InChI=1S/C17H11N3O2S/c18-6-13-3-1-2-4-15(13)22-9-12-5-16(23-10-12)17(21)14-7-19-11-20-8-14/h1-5,7-8,10-11H,9H2. The van der Waals surface area contributed by atoms with Crippen molar-refractivity contribution in [1.29, 1.82) is 5.26 Å². The first-order chi connectivity index (χ1) is 11.3. The van der Waals surface area contributed by atoms with E-state index in [1.165, 1.54) is 30.1 Å². The van der Waals surface area contributed by atoms with Gasteiger partial charge in [0.25, 0.3) is 0 Å². The third-order valence-electron chi connectivity index (χ3n) is 3.10. The molecule has 0 amide bonds. The van der Waals surface area contributed by atoms with E-state index < -0.39 is 0 Å². The molecular formula is C17H11N3O2S. The highest BCUT2D eigenvalue weighted by Gasteiger charge is 2.13. The number of para-hydroxylation sites is 1. The number of carbonyl (C=O) groups excluding carboxylic acids is 1. The summed E-state index contributed by atoms with van der Waals surface area (Å²) in [5.74, 6) is 0.421. The molecule has 0 N–H and O–H groups in total. The highest BCUT2D eigenvalue weighted by Crippen LogP contribution is 2.22. The second-order valence-electron chi connectivity index (χ2n) is 4.67. The van der Waals surface area contributed by atoms with E-state index >= 15 is 0 Å². The van der Waals surface area contributed by atoms with Gasteiger partial charge in [-0.15, -0.1) is 11.3 Å². The van der Waals surface area contributed by atoms with Gasteiger partial charge in [-0.1, -0.05) is 12.1 Å². The number of benzene rings is 1. The molecule has 0 aliphatic rings. The quantitative estimate of drug-likeness (QED) is 0.674. The number of nitriles is 1. The van der Waals surface area contributed by atoms with E-state index in [0.29, 0.717) is 28.4 Å². The summed E-state index contributed by atoms with van der Waals surface area (Å²) in [5.41, 5.74) is 1.82. The smallest absolute Gasteiger partial charge is 0.206 e. The van der Waals surface area contributed by atoms with Crippen LogP contribution in [0.5, 0.6) is 5.75 Å². The number of nitrogens with zero attached hydrogens (tertiary/aromatic N) is 3. The fourth-order valence-corrected chi connectivity index (χ4v) is 2.83. The molecule has 112 valence electrons. The Morgan fingerprint density at radius 1 is 1.26 bits per heavy atom. The van der Waals surface area contributed by atoms with Gasteiger partial charge in [-0.25, -0.2) is 9.97 Å². The molecule has 0 aliphatic carbocycles. The Morgan fingerprint density at radius 3 is 2.83 bits per heavy atom. The van der Waals surface area contributed by atoms with E-state index in [1.807, 2.05) is 11.4 Å². The van der Waals surface area contributed by atoms with Crippen molar-refractivity contribution in [2.24, 2.45) is 0 Å². The summed E-state index contributed by atoms with van der Waals surface area (Å²) < 4.78 is 5.66. The van der Waals surface area contributed by atoms with Gasteiger partial charge in [-0.05, 0) is 23.6 Å². The first-order valence-electron chi connectivity index (χ1n) is 6.77. The van der Waals surface area contributed by atoms with Crippen molar-refractivity contribution in [1.82, 2.24) is 9.97 Å². The predicted molar refractivity (Wildman–Crippen MR) is 85.3 cm³/mol. The van der Waals surface area contributed by atoms with Crippen LogP contribution in [0, 0.1) is 11.3 Å². The number of ether oxygens (including phenoxy) is 1. The molecule has 0 saturated carbocycles. The fourth-order valence-electron chi connectivity index (χ4n) is 1.97. The SMILES string of the molecule is N#Cc1ccccc1OCc1csc(C(=O)c2cncnc2)c1. The minimum Gasteiger partial charge on any atom is -0.487 e. The maximum Gasteiger partial charge on any atom is 0.206 e.